The van der Waals surface area contributed by atoms with Crippen molar-refractivity contribution in [2.45, 2.75) is 18.7 Å². The number of aliphatic hydroxyl groups is 1. The summed E-state index contributed by atoms with van der Waals surface area (Å²) in [5, 5.41) is 20.0. The Hall–Kier alpha value is -4.62. The number of carbonyl (C=O) groups is 1. The van der Waals surface area contributed by atoms with Crippen LogP contribution in [0.15, 0.2) is 77.4 Å². The molecule has 0 radical (unpaired) electrons. The van der Waals surface area contributed by atoms with Gasteiger partial charge >= 0.3 is 16.1 Å². The van der Waals surface area contributed by atoms with Gasteiger partial charge in [-0.25, -0.2) is 9.78 Å². The van der Waals surface area contributed by atoms with Gasteiger partial charge in [0.15, 0.2) is 17.3 Å². The predicted molar refractivity (Wildman–Crippen MR) is 132 cm³/mol. The van der Waals surface area contributed by atoms with Crippen LogP contribution in [0.3, 0.4) is 0 Å². The molecule has 4 rings (SSSR count). The molecule has 0 saturated carbocycles. The second-order valence-corrected chi connectivity index (χ2v) is 9.43. The van der Waals surface area contributed by atoms with E-state index in [1.165, 1.54) is 30.3 Å². The zero-order valence-corrected chi connectivity index (χ0v) is 20.2. The molecule has 0 atom stereocenters. The summed E-state index contributed by atoms with van der Waals surface area (Å²) in [6.07, 6.45) is 0. The lowest BCUT2D eigenvalue weighted by Gasteiger charge is -2.13. The van der Waals surface area contributed by atoms with Crippen molar-refractivity contribution in [2.24, 2.45) is 0 Å². The van der Waals surface area contributed by atoms with Gasteiger partial charge < -0.3 is 19.0 Å². The molecule has 0 unspecified atom stereocenters. The molecular formula is C26H21N3O6S. The molecule has 4 aromatic rings. The summed E-state index contributed by atoms with van der Waals surface area (Å²) in [4.78, 5) is 19.9. The molecule has 0 bridgehead atoms. The summed E-state index contributed by atoms with van der Waals surface area (Å²) < 4.78 is 36.3. The van der Waals surface area contributed by atoms with Gasteiger partial charge in [-0.1, -0.05) is 36.4 Å². The molecule has 0 aliphatic rings. The molecule has 1 heterocycles. The van der Waals surface area contributed by atoms with Gasteiger partial charge in [0.1, 0.15) is 28.7 Å². The summed E-state index contributed by atoms with van der Waals surface area (Å²) in [5.74, 6) is -1.58. The number of rotatable bonds is 7. The molecule has 0 spiro atoms. The van der Waals surface area contributed by atoms with Crippen LogP contribution in [-0.4, -0.2) is 36.1 Å². The maximum Gasteiger partial charge on any atom is 0.342 e. The van der Waals surface area contributed by atoms with Crippen molar-refractivity contribution in [3.05, 3.63) is 95.0 Å². The highest BCUT2D eigenvalue weighted by atomic mass is 32.2. The van der Waals surface area contributed by atoms with Gasteiger partial charge in [0, 0.05) is 0 Å². The molecule has 2 N–H and O–H groups in total. The number of hydrogen-bond acceptors (Lipinski definition) is 8. The maximum absolute atomic E-state index is 12.9. The highest BCUT2D eigenvalue weighted by Crippen LogP contribution is 2.26. The van der Waals surface area contributed by atoms with Gasteiger partial charge in [0.25, 0.3) is 0 Å². The minimum Gasteiger partial charge on any atom is -0.507 e. The van der Waals surface area contributed by atoms with E-state index in [0.717, 1.165) is 5.56 Å². The van der Waals surface area contributed by atoms with Gasteiger partial charge in [-0.2, -0.15) is 13.7 Å². The van der Waals surface area contributed by atoms with Crippen molar-refractivity contribution in [1.82, 2.24) is 9.97 Å². The van der Waals surface area contributed by atoms with Crippen LogP contribution in [0.2, 0.25) is 0 Å². The van der Waals surface area contributed by atoms with Crippen LogP contribution in [-0.2, 0) is 14.9 Å². The number of benzene rings is 3. The smallest absolute Gasteiger partial charge is 0.342 e. The number of hydrogen-bond donors (Lipinski definition) is 2. The number of esters is 1. The number of fused-ring (bicyclic) bond motifs is 1. The van der Waals surface area contributed by atoms with Crippen LogP contribution in [0, 0.1) is 25.2 Å². The second kappa shape index (κ2) is 9.93. The third-order valence-corrected chi connectivity index (χ3v) is 6.66. The molecule has 3 aromatic carbocycles. The monoisotopic (exact) mass is 503 g/mol. The Bertz CT molecular complexity index is 1610. The summed E-state index contributed by atoms with van der Waals surface area (Å²) in [5.41, 5.74) is 2.13. The molecule has 9 nitrogen and oxygen atoms in total. The first-order valence-electron chi connectivity index (χ1n) is 10.7. The molecule has 0 amide bonds. The number of nitriles is 1. The van der Waals surface area contributed by atoms with Gasteiger partial charge in [0.05, 0.1) is 11.0 Å². The number of para-hydroxylation sites is 3. The van der Waals surface area contributed by atoms with E-state index >= 15 is 0 Å². The number of carbonyl (C=O) groups excluding carboxylic acids is 1. The number of aromatic amines is 1. The Balaban J connectivity index is 1.55. The van der Waals surface area contributed by atoms with E-state index in [9.17, 15) is 23.6 Å². The average Bonchev–Trinajstić information content (AvgIpc) is 3.28. The molecule has 36 heavy (non-hydrogen) atoms. The zero-order valence-electron chi connectivity index (χ0n) is 19.3. The van der Waals surface area contributed by atoms with Crippen LogP contribution in [0.25, 0.3) is 16.6 Å². The highest BCUT2D eigenvalue weighted by molar-refractivity contribution is 7.87. The van der Waals surface area contributed by atoms with Crippen molar-refractivity contribution in [3.8, 4) is 11.8 Å². The quantitative estimate of drug-likeness (QED) is 0.161. The van der Waals surface area contributed by atoms with Crippen molar-refractivity contribution in [2.75, 3.05) is 6.61 Å². The van der Waals surface area contributed by atoms with Crippen molar-refractivity contribution in [3.63, 3.8) is 0 Å². The fourth-order valence-electron chi connectivity index (χ4n) is 3.46. The fourth-order valence-corrected chi connectivity index (χ4v) is 4.72. The highest BCUT2D eigenvalue weighted by Gasteiger charge is 2.24. The number of nitrogens with one attached hydrogen (secondary N) is 1. The maximum atomic E-state index is 12.9. The van der Waals surface area contributed by atoms with Crippen molar-refractivity contribution >= 4 is 32.7 Å². The molecular weight excluding hydrogens is 482 g/mol. The van der Waals surface area contributed by atoms with Crippen LogP contribution in [0.4, 0.5) is 0 Å². The number of nitrogens with zero attached hydrogens (tertiary/aromatic N) is 2. The van der Waals surface area contributed by atoms with Gasteiger partial charge in [0.2, 0.25) is 0 Å². The van der Waals surface area contributed by atoms with E-state index in [0.29, 0.717) is 16.6 Å². The van der Waals surface area contributed by atoms with E-state index in [1.807, 2.05) is 6.07 Å². The molecule has 0 aliphatic carbocycles. The third-order valence-electron chi connectivity index (χ3n) is 5.29. The number of aromatic nitrogens is 2. The summed E-state index contributed by atoms with van der Waals surface area (Å²) in [6, 6.07) is 19.5. The summed E-state index contributed by atoms with van der Waals surface area (Å²) in [6.45, 7) is 2.75. The summed E-state index contributed by atoms with van der Waals surface area (Å²) in [7, 11) is -4.24. The predicted octanol–water partition coefficient (Wildman–Crippen LogP) is 4.60. The second-order valence-electron chi connectivity index (χ2n) is 7.91. The Morgan fingerprint density at radius 2 is 1.81 bits per heavy atom. The standard InChI is InChI=1S/C26H21N3O6S/c1-16-11-12-17(2)24(13-16)36(32,33)35-23-10-6-3-7-18(23)26(31)34-15-22(30)19(14-27)25-28-20-8-4-5-9-21(20)29-25/h3-13,30H,15H2,1-2H3,(H,28,29). The molecule has 0 aliphatic heterocycles. The first-order chi connectivity index (χ1) is 17.2. The molecule has 0 fully saturated rings. The van der Waals surface area contributed by atoms with Crippen molar-refractivity contribution < 1.29 is 27.2 Å². The van der Waals surface area contributed by atoms with E-state index in [4.69, 9.17) is 8.92 Å². The number of imidazole rings is 1. The fraction of sp³-hybridized carbons (Fsp3) is 0.115. The van der Waals surface area contributed by atoms with Crippen LogP contribution < -0.4 is 4.18 Å². The SMILES string of the molecule is Cc1ccc(C)c(S(=O)(=O)Oc2ccccc2C(=O)OCC(O)=C(C#N)c2nc3ccccc3[nH]2)c1. The molecule has 10 heteroatoms. The topological polar surface area (TPSA) is 142 Å². The molecule has 1 aromatic heterocycles. The van der Waals surface area contributed by atoms with Crippen molar-refractivity contribution in [1.29, 1.82) is 5.26 Å². The first kappa shape index (κ1) is 24.5. The van der Waals surface area contributed by atoms with Gasteiger partial charge in [-0.15, -0.1) is 0 Å². The first-order valence-corrected chi connectivity index (χ1v) is 12.2. The summed E-state index contributed by atoms with van der Waals surface area (Å²) >= 11 is 0. The van der Waals surface area contributed by atoms with Crippen LogP contribution in [0.5, 0.6) is 5.75 Å². The number of aliphatic hydroxyl groups excluding tert-OH is 1. The largest absolute Gasteiger partial charge is 0.507 e. The lowest BCUT2D eigenvalue weighted by Crippen LogP contribution is -2.15. The van der Waals surface area contributed by atoms with E-state index in [2.05, 4.69) is 9.97 Å². The van der Waals surface area contributed by atoms with Crippen LogP contribution in [0.1, 0.15) is 27.3 Å². The van der Waals surface area contributed by atoms with Gasteiger partial charge in [-0.3, -0.25) is 0 Å². The minimum atomic E-state index is -4.24. The average molecular weight is 504 g/mol. The normalized spacial score (nSPS) is 12.0. The van der Waals surface area contributed by atoms with E-state index in [1.54, 1.807) is 50.2 Å². The molecule has 182 valence electrons. The third kappa shape index (κ3) is 5.06. The Morgan fingerprint density at radius 3 is 2.56 bits per heavy atom. The minimum absolute atomic E-state index is 0.0178. The number of aryl methyl sites for hydroxylation is 2. The van der Waals surface area contributed by atoms with E-state index < -0.39 is 28.5 Å². The lowest BCUT2D eigenvalue weighted by molar-refractivity contribution is 0.0501. The molecule has 0 saturated heterocycles. The zero-order chi connectivity index (χ0) is 25.9. The Kier molecular flexibility index (Phi) is 6.76. The Labute approximate surface area is 207 Å². The lowest BCUT2D eigenvalue weighted by atomic mass is 10.2. The van der Waals surface area contributed by atoms with Gasteiger partial charge in [-0.05, 0) is 55.3 Å². The van der Waals surface area contributed by atoms with Crippen LogP contribution >= 0.6 is 0 Å². The number of H-pyrrole nitrogens is 1. The van der Waals surface area contributed by atoms with E-state index in [-0.39, 0.29) is 27.6 Å². The number of allylic oxidation sites excluding steroid dienone is 1. The number of ether oxygens (including phenoxy) is 1. The Morgan fingerprint density at radius 1 is 1.08 bits per heavy atom.